The Morgan fingerprint density at radius 3 is 2.88 bits per heavy atom. The Kier molecular flexibility index (Phi) is 9.92. The summed E-state index contributed by atoms with van der Waals surface area (Å²) in [7, 11) is 3.13. The SMILES string of the molecule is COc1cc(N)c(Cl)cc1C(=O)N[C@@H]1CCN(CCCNc2nccc(O)n2)C[C@@H]1OC.O. The summed E-state index contributed by atoms with van der Waals surface area (Å²) >= 11 is 6.09. The number of carbonyl (C=O) groups is 1. The third-order valence-electron chi connectivity index (χ3n) is 5.40. The molecule has 182 valence electrons. The monoisotopic (exact) mass is 482 g/mol. The van der Waals surface area contributed by atoms with E-state index in [1.54, 1.807) is 13.2 Å². The van der Waals surface area contributed by atoms with Gasteiger partial charge in [-0.3, -0.25) is 4.79 Å². The maximum Gasteiger partial charge on any atom is 0.255 e. The fourth-order valence-corrected chi connectivity index (χ4v) is 3.85. The van der Waals surface area contributed by atoms with Crippen LogP contribution in [0.4, 0.5) is 11.6 Å². The van der Waals surface area contributed by atoms with Gasteiger partial charge in [-0.1, -0.05) is 11.6 Å². The Balaban J connectivity index is 0.00000385. The van der Waals surface area contributed by atoms with Crippen LogP contribution in [-0.2, 0) is 4.74 Å². The van der Waals surface area contributed by atoms with Crippen molar-refractivity contribution >= 4 is 29.1 Å². The summed E-state index contributed by atoms with van der Waals surface area (Å²) in [6.07, 6.45) is 2.97. The highest BCUT2D eigenvalue weighted by Gasteiger charge is 2.31. The van der Waals surface area contributed by atoms with E-state index in [1.165, 1.54) is 25.4 Å². The summed E-state index contributed by atoms with van der Waals surface area (Å²) in [6, 6.07) is 4.36. The van der Waals surface area contributed by atoms with E-state index in [1.807, 2.05) is 0 Å². The number of piperidine rings is 1. The van der Waals surface area contributed by atoms with Crippen molar-refractivity contribution in [2.45, 2.75) is 25.0 Å². The van der Waals surface area contributed by atoms with Crippen molar-refractivity contribution < 1.29 is 24.9 Å². The second-order valence-electron chi connectivity index (χ2n) is 7.54. The number of aromatic nitrogens is 2. The Morgan fingerprint density at radius 1 is 1.39 bits per heavy atom. The lowest BCUT2D eigenvalue weighted by Crippen LogP contribution is -2.55. The zero-order valence-corrected chi connectivity index (χ0v) is 19.4. The van der Waals surface area contributed by atoms with Gasteiger partial charge in [0, 0.05) is 45.1 Å². The number of hydrogen-bond acceptors (Lipinski definition) is 9. The molecular formula is C21H31ClN6O5. The van der Waals surface area contributed by atoms with Crippen LogP contribution in [0.25, 0.3) is 0 Å². The van der Waals surface area contributed by atoms with Gasteiger partial charge in [-0.15, -0.1) is 0 Å². The van der Waals surface area contributed by atoms with E-state index in [2.05, 4.69) is 25.5 Å². The highest BCUT2D eigenvalue weighted by atomic mass is 35.5. The highest BCUT2D eigenvalue weighted by Crippen LogP contribution is 2.29. The van der Waals surface area contributed by atoms with Crippen molar-refractivity contribution in [1.29, 1.82) is 0 Å². The predicted octanol–water partition coefficient (Wildman–Crippen LogP) is 0.923. The van der Waals surface area contributed by atoms with Gasteiger partial charge in [0.15, 0.2) is 0 Å². The molecule has 2 atom stereocenters. The fraction of sp³-hybridized carbons (Fsp3) is 0.476. The smallest absolute Gasteiger partial charge is 0.255 e. The van der Waals surface area contributed by atoms with Gasteiger partial charge in [-0.05, 0) is 25.5 Å². The number of halogens is 1. The van der Waals surface area contributed by atoms with Crippen LogP contribution in [0.2, 0.25) is 5.02 Å². The molecule has 0 aliphatic carbocycles. The first-order valence-corrected chi connectivity index (χ1v) is 10.7. The first-order valence-electron chi connectivity index (χ1n) is 10.4. The standard InChI is InChI=1S/C21H29ClN6O4.H2O/c1-31-17-11-15(23)14(22)10-13(17)20(30)26-16-5-9-28(12-18(16)32-2)8-3-6-24-21-25-7-4-19(29)27-21;/h4,7,10-11,16,18H,3,5-6,8-9,12,23H2,1-2H3,(H,26,30)(H2,24,25,27,29);1H2/t16-,18+;/m1./s1. The van der Waals surface area contributed by atoms with E-state index in [4.69, 9.17) is 26.8 Å². The molecule has 33 heavy (non-hydrogen) atoms. The van der Waals surface area contributed by atoms with Gasteiger partial charge in [0.1, 0.15) is 5.75 Å². The molecule has 0 bridgehead atoms. The number of benzene rings is 1. The van der Waals surface area contributed by atoms with Crippen LogP contribution in [0.1, 0.15) is 23.2 Å². The molecule has 1 amide bonds. The molecule has 1 fully saturated rings. The van der Waals surface area contributed by atoms with Crippen LogP contribution < -0.4 is 21.1 Å². The summed E-state index contributed by atoms with van der Waals surface area (Å²) in [5.41, 5.74) is 6.50. The minimum atomic E-state index is -0.278. The van der Waals surface area contributed by atoms with Crippen LogP contribution in [0, 0.1) is 0 Å². The molecule has 0 saturated carbocycles. The molecule has 3 rings (SSSR count). The van der Waals surface area contributed by atoms with Gasteiger partial charge < -0.3 is 41.3 Å². The number of amides is 1. The van der Waals surface area contributed by atoms with Gasteiger partial charge >= 0.3 is 0 Å². The Morgan fingerprint density at radius 2 is 2.18 bits per heavy atom. The topological polar surface area (TPSA) is 166 Å². The van der Waals surface area contributed by atoms with E-state index in [0.717, 1.165) is 25.9 Å². The third-order valence-corrected chi connectivity index (χ3v) is 5.73. The number of nitrogens with zero attached hydrogens (tertiary/aromatic N) is 3. The molecule has 1 aliphatic heterocycles. The molecule has 2 heterocycles. The number of methoxy groups -OCH3 is 2. The molecule has 0 radical (unpaired) electrons. The number of ether oxygens (including phenoxy) is 2. The van der Waals surface area contributed by atoms with E-state index in [9.17, 15) is 9.90 Å². The number of nitrogen functional groups attached to an aromatic ring is 1. The number of nitrogens with two attached hydrogens (primary N) is 1. The first-order chi connectivity index (χ1) is 15.4. The average Bonchev–Trinajstić information content (AvgIpc) is 2.79. The quantitative estimate of drug-likeness (QED) is 0.300. The zero-order chi connectivity index (χ0) is 23.1. The molecule has 1 aliphatic rings. The first kappa shape index (κ1) is 26.4. The van der Waals surface area contributed by atoms with Crippen molar-refractivity contribution in [3.63, 3.8) is 0 Å². The van der Waals surface area contributed by atoms with Gasteiger partial charge in [-0.25, -0.2) is 4.98 Å². The lowest BCUT2D eigenvalue weighted by atomic mass is 10.0. The molecule has 0 unspecified atom stereocenters. The summed E-state index contributed by atoms with van der Waals surface area (Å²) in [6.45, 7) is 3.06. The van der Waals surface area contributed by atoms with Crippen molar-refractivity contribution in [2.24, 2.45) is 0 Å². The van der Waals surface area contributed by atoms with Gasteiger partial charge in [0.2, 0.25) is 11.8 Å². The maximum atomic E-state index is 12.9. The number of rotatable bonds is 9. The molecule has 1 aromatic heterocycles. The number of likely N-dealkylation sites (tertiary alicyclic amines) is 1. The van der Waals surface area contributed by atoms with E-state index >= 15 is 0 Å². The predicted molar refractivity (Wildman–Crippen MR) is 126 cm³/mol. The third kappa shape index (κ3) is 7.06. The summed E-state index contributed by atoms with van der Waals surface area (Å²) in [5.74, 6) is 0.436. The molecule has 7 N–H and O–H groups in total. The van der Waals surface area contributed by atoms with Gasteiger partial charge in [-0.2, -0.15) is 4.98 Å². The lowest BCUT2D eigenvalue weighted by molar-refractivity contribution is 0.00637. The Labute approximate surface area is 197 Å². The molecular weight excluding hydrogens is 452 g/mol. The average molecular weight is 483 g/mol. The van der Waals surface area contributed by atoms with Crippen molar-refractivity contribution in [3.05, 3.63) is 35.0 Å². The second-order valence-corrected chi connectivity index (χ2v) is 7.94. The summed E-state index contributed by atoms with van der Waals surface area (Å²) in [5, 5.41) is 15.8. The van der Waals surface area contributed by atoms with Crippen LogP contribution >= 0.6 is 11.6 Å². The van der Waals surface area contributed by atoms with E-state index in [0.29, 0.717) is 41.1 Å². The summed E-state index contributed by atoms with van der Waals surface area (Å²) in [4.78, 5) is 23.1. The van der Waals surface area contributed by atoms with Crippen LogP contribution in [0.15, 0.2) is 24.4 Å². The van der Waals surface area contributed by atoms with Crippen molar-refractivity contribution in [1.82, 2.24) is 20.2 Å². The van der Waals surface area contributed by atoms with Crippen LogP contribution in [-0.4, -0.2) is 83.9 Å². The molecule has 11 nitrogen and oxygen atoms in total. The zero-order valence-electron chi connectivity index (χ0n) is 18.7. The molecule has 1 aromatic carbocycles. The minimum Gasteiger partial charge on any atom is -0.496 e. The normalized spacial score (nSPS) is 18.3. The maximum absolute atomic E-state index is 12.9. The minimum absolute atomic E-state index is 0. The number of nitrogens with one attached hydrogen (secondary N) is 2. The fourth-order valence-electron chi connectivity index (χ4n) is 3.69. The number of aromatic hydroxyl groups is 1. The number of anilines is 2. The molecule has 12 heteroatoms. The van der Waals surface area contributed by atoms with Crippen LogP contribution in [0.5, 0.6) is 11.6 Å². The number of carbonyl (C=O) groups excluding carboxylic acids is 1. The Bertz CT molecular complexity index is 934. The van der Waals surface area contributed by atoms with Crippen molar-refractivity contribution in [2.75, 3.05) is 51.4 Å². The van der Waals surface area contributed by atoms with E-state index < -0.39 is 0 Å². The van der Waals surface area contributed by atoms with Crippen LogP contribution in [0.3, 0.4) is 0 Å². The lowest BCUT2D eigenvalue weighted by Gasteiger charge is -2.38. The van der Waals surface area contributed by atoms with Crippen molar-refractivity contribution in [3.8, 4) is 11.6 Å². The second kappa shape index (κ2) is 12.4. The molecule has 1 saturated heterocycles. The van der Waals surface area contributed by atoms with Gasteiger partial charge in [0.05, 0.1) is 35.5 Å². The summed E-state index contributed by atoms with van der Waals surface area (Å²) < 4.78 is 10.9. The number of hydrogen-bond donors (Lipinski definition) is 4. The Hall–Kier alpha value is -2.86. The van der Waals surface area contributed by atoms with Gasteiger partial charge in [0.25, 0.3) is 5.91 Å². The largest absolute Gasteiger partial charge is 0.496 e. The molecule has 2 aromatic rings. The highest BCUT2D eigenvalue weighted by molar-refractivity contribution is 6.33. The van der Waals surface area contributed by atoms with E-state index in [-0.39, 0.29) is 29.4 Å². The molecule has 0 spiro atoms.